The second-order valence-corrected chi connectivity index (χ2v) is 5.88. The van der Waals surface area contributed by atoms with Gasteiger partial charge in [-0.3, -0.25) is 4.68 Å². The Morgan fingerprint density at radius 2 is 2.05 bits per heavy atom. The lowest BCUT2D eigenvalue weighted by atomic mass is 10.3. The summed E-state index contributed by atoms with van der Waals surface area (Å²) in [7, 11) is -2.00. The maximum Gasteiger partial charge on any atom is 0.240 e. The summed E-state index contributed by atoms with van der Waals surface area (Å²) < 4.78 is 33.1. The van der Waals surface area contributed by atoms with Crippen LogP contribution >= 0.6 is 0 Å². The third-order valence-electron chi connectivity index (χ3n) is 2.66. The van der Waals surface area contributed by atoms with Gasteiger partial charge < -0.3 is 10.5 Å². The van der Waals surface area contributed by atoms with Crippen LogP contribution in [0.3, 0.4) is 0 Å². The normalized spacial score (nSPS) is 11.4. The highest BCUT2D eigenvalue weighted by atomic mass is 32.2. The van der Waals surface area contributed by atoms with Gasteiger partial charge in [-0.1, -0.05) is 0 Å². The number of hydrogen-bond donors (Lipinski definition) is 2. The monoisotopic (exact) mass is 296 g/mol. The number of nitrogens with one attached hydrogen (secondary N) is 1. The lowest BCUT2D eigenvalue weighted by Crippen LogP contribution is -2.27. The first kappa shape index (κ1) is 14.4. The zero-order valence-corrected chi connectivity index (χ0v) is 11.8. The average molecular weight is 296 g/mol. The fourth-order valence-electron chi connectivity index (χ4n) is 1.63. The van der Waals surface area contributed by atoms with E-state index in [4.69, 9.17) is 10.5 Å². The number of rotatable bonds is 6. The number of benzene rings is 1. The minimum atomic E-state index is -3.53. The van der Waals surface area contributed by atoms with Crippen molar-refractivity contribution in [2.75, 3.05) is 19.4 Å². The molecule has 0 fully saturated rings. The Morgan fingerprint density at radius 3 is 2.60 bits per heavy atom. The number of sulfonamides is 1. The Morgan fingerprint density at radius 1 is 1.35 bits per heavy atom. The zero-order valence-electron chi connectivity index (χ0n) is 11.0. The number of aromatic nitrogens is 2. The summed E-state index contributed by atoms with van der Waals surface area (Å²) in [4.78, 5) is 0.193. The number of nitrogen functional groups attached to an aromatic ring is 1. The van der Waals surface area contributed by atoms with Gasteiger partial charge >= 0.3 is 0 Å². The van der Waals surface area contributed by atoms with Gasteiger partial charge in [-0.2, -0.15) is 5.10 Å². The molecular weight excluding hydrogens is 280 g/mol. The van der Waals surface area contributed by atoms with E-state index < -0.39 is 10.0 Å². The van der Waals surface area contributed by atoms with E-state index in [2.05, 4.69) is 9.82 Å². The summed E-state index contributed by atoms with van der Waals surface area (Å²) in [6, 6.07) is 6.19. The van der Waals surface area contributed by atoms with Crippen LogP contribution in [0, 0.1) is 0 Å². The molecule has 0 aliphatic heterocycles. The summed E-state index contributed by atoms with van der Waals surface area (Å²) in [6.45, 7) is 0.641. The molecule has 108 valence electrons. The molecule has 0 aliphatic rings. The molecule has 7 nitrogen and oxygen atoms in total. The molecular formula is C12H16N4O3S. The van der Waals surface area contributed by atoms with E-state index in [-0.39, 0.29) is 11.4 Å². The molecule has 1 aromatic heterocycles. The molecule has 0 saturated heterocycles. The predicted octanol–water partition coefficient (Wildman–Crippen LogP) is 0.452. The molecule has 0 amide bonds. The number of methoxy groups -OCH3 is 1. The Bertz CT molecular complexity index is 664. The van der Waals surface area contributed by atoms with Crippen LogP contribution in [-0.4, -0.2) is 31.9 Å². The fraction of sp³-hybridized carbons (Fsp3) is 0.250. The zero-order chi connectivity index (χ0) is 14.6. The average Bonchev–Trinajstić information content (AvgIpc) is 2.84. The van der Waals surface area contributed by atoms with E-state index in [0.29, 0.717) is 18.0 Å². The van der Waals surface area contributed by atoms with Crippen molar-refractivity contribution >= 4 is 15.7 Å². The minimum absolute atomic E-state index is 0.193. The second kappa shape index (κ2) is 5.93. The van der Waals surface area contributed by atoms with Crippen molar-refractivity contribution < 1.29 is 13.2 Å². The van der Waals surface area contributed by atoms with Crippen molar-refractivity contribution in [3.63, 3.8) is 0 Å². The van der Waals surface area contributed by atoms with E-state index in [9.17, 15) is 8.42 Å². The van der Waals surface area contributed by atoms with E-state index in [0.717, 1.165) is 0 Å². The maximum atomic E-state index is 12.0. The Labute approximate surface area is 117 Å². The molecule has 0 bridgehead atoms. The lowest BCUT2D eigenvalue weighted by molar-refractivity contribution is 0.414. The van der Waals surface area contributed by atoms with Gasteiger partial charge in [0.2, 0.25) is 10.0 Å². The number of nitrogens with zero attached hydrogens (tertiary/aromatic N) is 2. The van der Waals surface area contributed by atoms with Crippen molar-refractivity contribution in [1.82, 2.24) is 14.5 Å². The summed E-state index contributed by atoms with van der Waals surface area (Å²) >= 11 is 0. The summed E-state index contributed by atoms with van der Waals surface area (Å²) in [5.41, 5.74) is 6.07. The Hall–Kier alpha value is -2.06. The standard InChI is InChI=1S/C12H16N4O3S/c1-19-11-2-4-12(5-3-11)20(17,18)15-6-7-16-9-10(13)8-14-16/h2-5,8-9,15H,6-7,13H2,1H3. The first-order chi connectivity index (χ1) is 9.51. The molecule has 1 heterocycles. The quantitative estimate of drug-likeness (QED) is 0.806. The van der Waals surface area contributed by atoms with E-state index in [1.54, 1.807) is 23.0 Å². The van der Waals surface area contributed by atoms with Crippen LogP contribution in [-0.2, 0) is 16.6 Å². The van der Waals surface area contributed by atoms with Gasteiger partial charge in [-0.05, 0) is 24.3 Å². The first-order valence-electron chi connectivity index (χ1n) is 5.93. The van der Waals surface area contributed by atoms with Crippen molar-refractivity contribution in [1.29, 1.82) is 0 Å². The van der Waals surface area contributed by atoms with Crippen LogP contribution < -0.4 is 15.2 Å². The first-order valence-corrected chi connectivity index (χ1v) is 7.41. The summed E-state index contributed by atoms with van der Waals surface area (Å²) in [6.07, 6.45) is 3.15. The Balaban J connectivity index is 1.96. The number of ether oxygens (including phenoxy) is 1. The van der Waals surface area contributed by atoms with Gasteiger partial charge in [0.05, 0.1) is 30.4 Å². The van der Waals surface area contributed by atoms with Gasteiger partial charge in [0, 0.05) is 12.7 Å². The lowest BCUT2D eigenvalue weighted by Gasteiger charge is -2.07. The number of nitrogens with two attached hydrogens (primary N) is 1. The van der Waals surface area contributed by atoms with Crippen LogP contribution in [0.5, 0.6) is 5.75 Å². The number of anilines is 1. The van der Waals surface area contributed by atoms with E-state index in [1.165, 1.54) is 25.4 Å². The largest absolute Gasteiger partial charge is 0.497 e. The molecule has 2 aromatic rings. The summed E-state index contributed by atoms with van der Waals surface area (Å²) in [5, 5.41) is 3.97. The smallest absolute Gasteiger partial charge is 0.240 e. The van der Waals surface area contributed by atoms with Crippen molar-refractivity contribution in [3.8, 4) is 5.75 Å². The number of hydrogen-bond acceptors (Lipinski definition) is 5. The molecule has 0 radical (unpaired) electrons. The van der Waals surface area contributed by atoms with Crippen molar-refractivity contribution in [2.45, 2.75) is 11.4 Å². The van der Waals surface area contributed by atoms with Gasteiger partial charge in [-0.25, -0.2) is 13.1 Å². The highest BCUT2D eigenvalue weighted by Gasteiger charge is 2.13. The molecule has 0 unspecified atom stereocenters. The topological polar surface area (TPSA) is 99.2 Å². The molecule has 1 aromatic carbocycles. The minimum Gasteiger partial charge on any atom is -0.497 e. The molecule has 0 saturated carbocycles. The molecule has 20 heavy (non-hydrogen) atoms. The molecule has 0 atom stereocenters. The van der Waals surface area contributed by atoms with Gasteiger partial charge in [0.25, 0.3) is 0 Å². The predicted molar refractivity (Wildman–Crippen MR) is 74.8 cm³/mol. The SMILES string of the molecule is COc1ccc(S(=O)(=O)NCCn2cc(N)cn2)cc1. The molecule has 3 N–H and O–H groups in total. The Kier molecular flexibility index (Phi) is 4.26. The second-order valence-electron chi connectivity index (χ2n) is 4.11. The van der Waals surface area contributed by atoms with Crippen LogP contribution in [0.1, 0.15) is 0 Å². The highest BCUT2D eigenvalue weighted by Crippen LogP contribution is 2.15. The fourth-order valence-corrected chi connectivity index (χ4v) is 2.66. The third kappa shape index (κ3) is 3.49. The van der Waals surface area contributed by atoms with Crippen molar-refractivity contribution in [3.05, 3.63) is 36.7 Å². The van der Waals surface area contributed by atoms with Crippen molar-refractivity contribution in [2.24, 2.45) is 0 Å². The highest BCUT2D eigenvalue weighted by molar-refractivity contribution is 7.89. The van der Waals surface area contributed by atoms with Crippen LogP contribution in [0.4, 0.5) is 5.69 Å². The summed E-state index contributed by atoms with van der Waals surface area (Å²) in [5.74, 6) is 0.607. The van der Waals surface area contributed by atoms with E-state index in [1.807, 2.05) is 0 Å². The molecule has 0 aliphatic carbocycles. The third-order valence-corrected chi connectivity index (χ3v) is 4.13. The van der Waals surface area contributed by atoms with Gasteiger partial charge in [0.1, 0.15) is 5.75 Å². The molecule has 8 heteroatoms. The van der Waals surface area contributed by atoms with E-state index >= 15 is 0 Å². The van der Waals surface area contributed by atoms with Crippen LogP contribution in [0.2, 0.25) is 0 Å². The van der Waals surface area contributed by atoms with Gasteiger partial charge in [0.15, 0.2) is 0 Å². The molecule has 2 rings (SSSR count). The van der Waals surface area contributed by atoms with Crippen LogP contribution in [0.25, 0.3) is 0 Å². The molecule has 0 spiro atoms. The maximum absolute atomic E-state index is 12.0. The van der Waals surface area contributed by atoms with Crippen LogP contribution in [0.15, 0.2) is 41.6 Å². The van der Waals surface area contributed by atoms with Gasteiger partial charge in [-0.15, -0.1) is 0 Å².